The van der Waals surface area contributed by atoms with Crippen molar-refractivity contribution in [3.63, 3.8) is 0 Å². The van der Waals surface area contributed by atoms with E-state index < -0.39 is 0 Å². The van der Waals surface area contributed by atoms with Crippen LogP contribution in [-0.4, -0.2) is 44.8 Å². The average Bonchev–Trinajstić information content (AvgIpc) is 3.22. The number of piperidine rings is 1. The first-order valence-electron chi connectivity index (χ1n) is 10.8. The van der Waals surface area contributed by atoms with Crippen molar-refractivity contribution >= 4 is 5.69 Å². The van der Waals surface area contributed by atoms with Crippen LogP contribution in [0.1, 0.15) is 35.2 Å². The van der Waals surface area contributed by atoms with Crippen LogP contribution in [-0.2, 0) is 13.1 Å². The largest absolute Gasteiger partial charge is 0.394 e. The van der Waals surface area contributed by atoms with Gasteiger partial charge in [-0.05, 0) is 55.2 Å². The van der Waals surface area contributed by atoms with Gasteiger partial charge in [-0.2, -0.15) is 5.26 Å². The third-order valence-electron chi connectivity index (χ3n) is 6.16. The Morgan fingerprint density at radius 3 is 2.58 bits per heavy atom. The summed E-state index contributed by atoms with van der Waals surface area (Å²) in [6.07, 6.45) is 5.58. The smallest absolute Gasteiger partial charge is 0.0991 e. The van der Waals surface area contributed by atoms with Crippen molar-refractivity contribution in [2.45, 2.75) is 38.4 Å². The lowest BCUT2D eigenvalue weighted by molar-refractivity contribution is 0.113. The van der Waals surface area contributed by atoms with Gasteiger partial charge in [0.25, 0.3) is 0 Å². The molecule has 0 saturated carbocycles. The van der Waals surface area contributed by atoms with Crippen LogP contribution in [0, 0.1) is 18.3 Å². The molecule has 6 nitrogen and oxygen atoms in total. The van der Waals surface area contributed by atoms with E-state index in [1.807, 2.05) is 42.9 Å². The van der Waals surface area contributed by atoms with Crippen LogP contribution in [0.15, 0.2) is 61.1 Å². The zero-order chi connectivity index (χ0) is 21.7. The first-order chi connectivity index (χ1) is 15.1. The van der Waals surface area contributed by atoms with E-state index in [1.165, 1.54) is 11.3 Å². The predicted octanol–water partition coefficient (Wildman–Crippen LogP) is 3.55. The van der Waals surface area contributed by atoms with Gasteiger partial charge in [-0.25, -0.2) is 4.98 Å². The highest BCUT2D eigenvalue weighted by atomic mass is 16.3. The maximum atomic E-state index is 10.1. The SMILES string of the molecule is Cc1cccc(NC2(CO)CCN(Cc3cncn3Cc3ccc(C#N)cc3)CC2)c1. The minimum Gasteiger partial charge on any atom is -0.394 e. The van der Waals surface area contributed by atoms with Crippen LogP contribution in [0.3, 0.4) is 0 Å². The molecule has 0 radical (unpaired) electrons. The number of aryl methyl sites for hydroxylation is 1. The number of nitrogens with one attached hydrogen (secondary N) is 1. The molecular formula is C25H29N5O. The monoisotopic (exact) mass is 415 g/mol. The highest BCUT2D eigenvalue weighted by molar-refractivity contribution is 5.48. The molecule has 0 aliphatic carbocycles. The number of rotatable bonds is 7. The van der Waals surface area contributed by atoms with Gasteiger partial charge in [0.1, 0.15) is 0 Å². The van der Waals surface area contributed by atoms with Crippen molar-refractivity contribution in [2.24, 2.45) is 0 Å². The summed E-state index contributed by atoms with van der Waals surface area (Å²) in [5, 5.41) is 22.7. The number of nitriles is 1. The second kappa shape index (κ2) is 9.34. The number of hydrogen-bond donors (Lipinski definition) is 2. The first kappa shape index (κ1) is 21.1. The van der Waals surface area contributed by atoms with Crippen LogP contribution < -0.4 is 5.32 Å². The molecule has 1 saturated heterocycles. The lowest BCUT2D eigenvalue weighted by atomic mass is 9.87. The second-order valence-electron chi connectivity index (χ2n) is 8.53. The fourth-order valence-corrected chi connectivity index (χ4v) is 4.22. The fraction of sp³-hybridized carbons (Fsp3) is 0.360. The standard InChI is InChI=1S/C25H29N5O/c1-20-3-2-4-23(13-20)28-25(18-31)9-11-29(12-10-25)17-24-15-27-19-30(24)16-22-7-5-21(14-26)6-8-22/h2-8,13,15,19,28,31H,9-12,16-18H2,1H3. The Morgan fingerprint density at radius 2 is 1.90 bits per heavy atom. The van der Waals surface area contributed by atoms with E-state index in [0.717, 1.165) is 50.3 Å². The maximum Gasteiger partial charge on any atom is 0.0991 e. The number of aliphatic hydroxyl groups is 1. The summed E-state index contributed by atoms with van der Waals surface area (Å²) in [7, 11) is 0. The summed E-state index contributed by atoms with van der Waals surface area (Å²) >= 11 is 0. The third kappa shape index (κ3) is 5.13. The fourth-order valence-electron chi connectivity index (χ4n) is 4.22. The van der Waals surface area contributed by atoms with Crippen LogP contribution >= 0.6 is 0 Å². The maximum absolute atomic E-state index is 10.1. The summed E-state index contributed by atoms with van der Waals surface area (Å²) in [5.41, 5.74) is 5.02. The molecule has 31 heavy (non-hydrogen) atoms. The molecule has 1 fully saturated rings. The molecule has 3 aromatic rings. The van der Waals surface area contributed by atoms with E-state index in [-0.39, 0.29) is 12.1 Å². The number of imidazole rings is 1. The van der Waals surface area contributed by atoms with E-state index >= 15 is 0 Å². The summed E-state index contributed by atoms with van der Waals surface area (Å²) in [6, 6.07) is 18.2. The van der Waals surface area contributed by atoms with Gasteiger partial charge in [0.15, 0.2) is 0 Å². The van der Waals surface area contributed by atoms with E-state index in [2.05, 4.69) is 51.0 Å². The summed E-state index contributed by atoms with van der Waals surface area (Å²) in [5.74, 6) is 0. The number of benzene rings is 2. The van der Waals surface area contributed by atoms with Gasteiger partial charge in [-0.3, -0.25) is 4.90 Å². The first-order valence-corrected chi connectivity index (χ1v) is 10.8. The Hall–Kier alpha value is -3.14. The number of anilines is 1. The second-order valence-corrected chi connectivity index (χ2v) is 8.53. The Balaban J connectivity index is 1.36. The van der Waals surface area contributed by atoms with Gasteiger partial charge >= 0.3 is 0 Å². The van der Waals surface area contributed by atoms with E-state index in [0.29, 0.717) is 5.56 Å². The molecule has 160 valence electrons. The Bertz CT molecular complexity index is 1040. The molecule has 4 rings (SSSR count). The lowest BCUT2D eigenvalue weighted by Crippen LogP contribution is -2.51. The summed E-state index contributed by atoms with van der Waals surface area (Å²) in [4.78, 5) is 6.79. The van der Waals surface area contributed by atoms with Gasteiger partial charge in [-0.1, -0.05) is 24.3 Å². The zero-order valence-electron chi connectivity index (χ0n) is 18.0. The van der Waals surface area contributed by atoms with E-state index in [4.69, 9.17) is 5.26 Å². The van der Waals surface area contributed by atoms with Gasteiger partial charge < -0.3 is 15.0 Å². The summed E-state index contributed by atoms with van der Waals surface area (Å²) in [6.45, 7) is 5.63. The van der Waals surface area contributed by atoms with Crippen LogP contribution in [0.25, 0.3) is 0 Å². The third-order valence-corrected chi connectivity index (χ3v) is 6.16. The number of nitrogens with zero attached hydrogens (tertiary/aromatic N) is 4. The average molecular weight is 416 g/mol. The molecule has 2 N–H and O–H groups in total. The van der Waals surface area contributed by atoms with Crippen molar-refractivity contribution in [2.75, 3.05) is 25.0 Å². The van der Waals surface area contributed by atoms with E-state index in [9.17, 15) is 5.11 Å². The van der Waals surface area contributed by atoms with Crippen molar-refractivity contribution in [1.29, 1.82) is 5.26 Å². The zero-order valence-corrected chi connectivity index (χ0v) is 18.0. The molecule has 2 aromatic carbocycles. The van der Waals surface area contributed by atoms with Crippen LogP contribution in [0.5, 0.6) is 0 Å². The topological polar surface area (TPSA) is 77.1 Å². The Kier molecular flexibility index (Phi) is 6.36. The molecule has 0 bridgehead atoms. The molecule has 0 atom stereocenters. The highest BCUT2D eigenvalue weighted by Gasteiger charge is 2.34. The molecule has 0 spiro atoms. The van der Waals surface area contributed by atoms with Gasteiger partial charge in [0, 0.05) is 38.1 Å². The predicted molar refractivity (Wildman–Crippen MR) is 122 cm³/mol. The highest BCUT2D eigenvalue weighted by Crippen LogP contribution is 2.28. The van der Waals surface area contributed by atoms with Gasteiger partial charge in [0.05, 0.1) is 35.8 Å². The molecule has 2 heterocycles. The van der Waals surface area contributed by atoms with Gasteiger partial charge in [0.2, 0.25) is 0 Å². The lowest BCUT2D eigenvalue weighted by Gasteiger charge is -2.42. The van der Waals surface area contributed by atoms with Crippen LogP contribution in [0.2, 0.25) is 0 Å². The summed E-state index contributed by atoms with van der Waals surface area (Å²) < 4.78 is 2.17. The number of likely N-dealkylation sites (tertiary alicyclic amines) is 1. The molecule has 6 heteroatoms. The Morgan fingerprint density at radius 1 is 1.13 bits per heavy atom. The molecule has 0 amide bonds. The van der Waals surface area contributed by atoms with Crippen molar-refractivity contribution in [3.8, 4) is 6.07 Å². The molecule has 1 aromatic heterocycles. The van der Waals surface area contributed by atoms with Gasteiger partial charge in [-0.15, -0.1) is 0 Å². The number of hydrogen-bond acceptors (Lipinski definition) is 5. The van der Waals surface area contributed by atoms with Crippen molar-refractivity contribution in [3.05, 3.63) is 83.4 Å². The molecule has 0 unspecified atom stereocenters. The minimum atomic E-state index is -0.271. The van der Waals surface area contributed by atoms with Crippen LogP contribution in [0.4, 0.5) is 5.69 Å². The molecule has 1 aliphatic rings. The molecular weight excluding hydrogens is 386 g/mol. The van der Waals surface area contributed by atoms with Crippen molar-refractivity contribution < 1.29 is 5.11 Å². The van der Waals surface area contributed by atoms with E-state index in [1.54, 1.807) is 0 Å². The number of aliphatic hydroxyl groups excluding tert-OH is 1. The quantitative estimate of drug-likeness (QED) is 0.617. The number of aromatic nitrogens is 2. The normalized spacial score (nSPS) is 16.0. The van der Waals surface area contributed by atoms with Crippen molar-refractivity contribution in [1.82, 2.24) is 14.5 Å². The molecule has 1 aliphatic heterocycles. The Labute approximate surface area is 183 Å². The minimum absolute atomic E-state index is 0.130.